The minimum atomic E-state index is -0.605. The van der Waals surface area contributed by atoms with E-state index in [-0.39, 0.29) is 23.7 Å². The summed E-state index contributed by atoms with van der Waals surface area (Å²) in [4.78, 5) is 15.2. The van der Waals surface area contributed by atoms with E-state index in [0.29, 0.717) is 11.5 Å². The quantitative estimate of drug-likeness (QED) is 0.745. The number of rotatable bonds is 3. The number of hydrogen-bond acceptors (Lipinski definition) is 3. The van der Waals surface area contributed by atoms with Crippen LogP contribution in [0.2, 0.25) is 0 Å². The molecule has 3 aliphatic heterocycles. The highest BCUT2D eigenvalue weighted by molar-refractivity contribution is 5.70. The van der Waals surface area contributed by atoms with E-state index in [1.165, 1.54) is 12.1 Å². The van der Waals surface area contributed by atoms with Crippen molar-refractivity contribution in [3.63, 3.8) is 0 Å². The molecule has 1 unspecified atom stereocenters. The van der Waals surface area contributed by atoms with Crippen molar-refractivity contribution >= 4 is 6.09 Å². The Kier molecular flexibility index (Phi) is 5.00. The minimum absolute atomic E-state index is 0.0481. The summed E-state index contributed by atoms with van der Waals surface area (Å²) in [5.41, 5.74) is 3.14. The topological polar surface area (TPSA) is 41.6 Å². The van der Waals surface area contributed by atoms with Crippen LogP contribution >= 0.6 is 0 Å². The Balaban J connectivity index is 1.37. The summed E-state index contributed by atoms with van der Waals surface area (Å²) in [5, 5.41) is 3.11. The van der Waals surface area contributed by atoms with Crippen LogP contribution in [-0.2, 0) is 11.2 Å². The third-order valence-electron chi connectivity index (χ3n) is 7.20. The van der Waals surface area contributed by atoms with Gasteiger partial charge in [0.15, 0.2) is 0 Å². The van der Waals surface area contributed by atoms with Crippen LogP contribution in [0.15, 0.2) is 36.4 Å². The molecule has 3 fully saturated rings. The molecule has 6 rings (SSSR count). The smallest absolute Gasteiger partial charge is 0.407 e. The molecule has 2 aromatic rings. The number of carbonyl (C=O) groups is 1. The monoisotopic (exact) mass is 426 g/mol. The maximum Gasteiger partial charge on any atom is 0.407 e. The molecule has 0 radical (unpaired) electrons. The zero-order valence-electron chi connectivity index (χ0n) is 18.0. The lowest BCUT2D eigenvalue weighted by atomic mass is 9.85. The van der Waals surface area contributed by atoms with Crippen LogP contribution in [0.3, 0.4) is 0 Å². The summed E-state index contributed by atoms with van der Waals surface area (Å²) in [6.07, 6.45) is 2.55. The van der Waals surface area contributed by atoms with Crippen LogP contribution in [0.5, 0.6) is 0 Å². The lowest BCUT2D eigenvalue weighted by Gasteiger charge is -2.44. The summed E-state index contributed by atoms with van der Waals surface area (Å²) in [6.45, 7) is 7.25. The first-order valence-corrected chi connectivity index (χ1v) is 11.1. The van der Waals surface area contributed by atoms with Gasteiger partial charge in [-0.3, -0.25) is 4.90 Å². The maximum atomic E-state index is 13.7. The first-order chi connectivity index (χ1) is 14.8. The molecule has 0 spiro atoms. The van der Waals surface area contributed by atoms with Crippen LogP contribution in [-0.4, -0.2) is 36.7 Å². The summed E-state index contributed by atoms with van der Waals surface area (Å²) in [6, 6.07) is 9.12. The fourth-order valence-corrected chi connectivity index (χ4v) is 5.55. The van der Waals surface area contributed by atoms with Gasteiger partial charge in [0.25, 0.3) is 0 Å². The van der Waals surface area contributed by atoms with Crippen LogP contribution in [0.4, 0.5) is 13.6 Å². The fraction of sp³-hybridized carbons (Fsp3) is 0.480. The van der Waals surface area contributed by atoms with Crippen molar-refractivity contribution in [2.75, 3.05) is 19.6 Å². The normalized spacial score (nSPS) is 28.3. The summed E-state index contributed by atoms with van der Waals surface area (Å²) in [7, 11) is 0. The maximum absolute atomic E-state index is 13.7. The van der Waals surface area contributed by atoms with Crippen molar-refractivity contribution in [2.45, 2.75) is 45.3 Å². The fourth-order valence-electron chi connectivity index (χ4n) is 5.55. The molecule has 2 aromatic carbocycles. The van der Waals surface area contributed by atoms with Gasteiger partial charge in [0.05, 0.1) is 6.04 Å². The number of nitrogens with zero attached hydrogens (tertiary/aromatic N) is 1. The van der Waals surface area contributed by atoms with E-state index in [1.54, 1.807) is 0 Å². The highest BCUT2D eigenvalue weighted by atomic mass is 19.1. The number of hydrogen-bond donors (Lipinski definition) is 1. The Morgan fingerprint density at radius 3 is 2.42 bits per heavy atom. The first kappa shape index (κ1) is 20.4. The number of halogens is 2. The van der Waals surface area contributed by atoms with Crippen LogP contribution < -0.4 is 5.32 Å². The molecule has 6 heteroatoms. The van der Waals surface area contributed by atoms with Gasteiger partial charge in [0, 0.05) is 12.6 Å². The van der Waals surface area contributed by atoms with E-state index in [2.05, 4.69) is 24.1 Å². The highest BCUT2D eigenvalue weighted by Crippen LogP contribution is 2.46. The van der Waals surface area contributed by atoms with E-state index in [9.17, 15) is 13.6 Å². The third-order valence-corrected chi connectivity index (χ3v) is 7.20. The van der Waals surface area contributed by atoms with Crippen molar-refractivity contribution < 1.29 is 18.3 Å². The molecule has 2 bridgehead atoms. The van der Waals surface area contributed by atoms with Gasteiger partial charge in [0.2, 0.25) is 0 Å². The molecule has 31 heavy (non-hydrogen) atoms. The molecule has 0 aromatic heterocycles. The number of alkyl carbamates (subject to hydrolysis) is 1. The molecule has 1 amide bonds. The molecule has 1 aliphatic carbocycles. The van der Waals surface area contributed by atoms with Gasteiger partial charge in [-0.15, -0.1) is 0 Å². The molecular weight excluding hydrogens is 398 g/mol. The number of nitrogens with one attached hydrogen (secondary N) is 1. The Hall–Kier alpha value is -2.47. The van der Waals surface area contributed by atoms with Gasteiger partial charge in [-0.25, -0.2) is 13.6 Å². The SMILES string of the molecule is CC1(C)Cc2ccc(-c3cc(F)cc(F)c3)cc2C1NC(=O)O[C@@H]1CN2CCC1CC2. The summed E-state index contributed by atoms with van der Waals surface area (Å²) in [5.74, 6) is -0.757. The van der Waals surface area contributed by atoms with E-state index in [1.807, 2.05) is 18.2 Å². The Labute approximate surface area is 181 Å². The highest BCUT2D eigenvalue weighted by Gasteiger charge is 2.42. The lowest BCUT2D eigenvalue weighted by Crippen LogP contribution is -2.53. The number of ether oxygens (including phenoxy) is 1. The number of fused-ring (bicyclic) bond motifs is 4. The number of piperidine rings is 3. The van der Waals surface area contributed by atoms with Crippen molar-refractivity contribution in [1.82, 2.24) is 10.2 Å². The Morgan fingerprint density at radius 1 is 1.06 bits per heavy atom. The molecule has 2 atom stereocenters. The van der Waals surface area contributed by atoms with Crippen LogP contribution in [0.1, 0.15) is 43.9 Å². The second-order valence-corrected chi connectivity index (χ2v) is 9.90. The minimum Gasteiger partial charge on any atom is -0.445 e. The van der Waals surface area contributed by atoms with Gasteiger partial charge >= 0.3 is 6.09 Å². The van der Waals surface area contributed by atoms with E-state index < -0.39 is 11.6 Å². The van der Waals surface area contributed by atoms with E-state index in [4.69, 9.17) is 4.74 Å². The average Bonchev–Trinajstić information content (AvgIpc) is 2.97. The van der Waals surface area contributed by atoms with Crippen molar-refractivity contribution in [3.05, 3.63) is 59.2 Å². The number of carbonyl (C=O) groups excluding carboxylic acids is 1. The second-order valence-electron chi connectivity index (χ2n) is 9.90. The van der Waals surface area contributed by atoms with Crippen molar-refractivity contribution in [1.29, 1.82) is 0 Å². The zero-order valence-corrected chi connectivity index (χ0v) is 18.0. The molecule has 3 saturated heterocycles. The number of amides is 1. The molecule has 4 aliphatic rings. The Morgan fingerprint density at radius 2 is 1.77 bits per heavy atom. The summed E-state index contributed by atoms with van der Waals surface area (Å²) < 4.78 is 33.3. The van der Waals surface area contributed by atoms with E-state index >= 15 is 0 Å². The second kappa shape index (κ2) is 7.59. The van der Waals surface area contributed by atoms with Gasteiger partial charge < -0.3 is 10.1 Å². The average molecular weight is 427 g/mol. The molecular formula is C25H28F2N2O2. The van der Waals surface area contributed by atoms with E-state index in [0.717, 1.165) is 61.7 Å². The Bertz CT molecular complexity index is 994. The standard InChI is InChI=1S/C25H28F2N2O2/c1-25(2)13-17-4-3-16(18-9-19(26)12-20(27)10-18)11-21(17)23(25)28-24(30)31-22-14-29-7-5-15(22)6-8-29/h3-4,9-12,15,22-23H,5-8,13-14H2,1-2H3,(H,28,30)/t22-,23?/m1/s1. The van der Waals surface area contributed by atoms with Gasteiger partial charge in [0.1, 0.15) is 17.7 Å². The largest absolute Gasteiger partial charge is 0.445 e. The molecule has 4 nitrogen and oxygen atoms in total. The van der Waals surface area contributed by atoms with Gasteiger partial charge in [-0.1, -0.05) is 26.0 Å². The third kappa shape index (κ3) is 3.93. The van der Waals surface area contributed by atoms with Crippen molar-refractivity contribution in [3.8, 4) is 11.1 Å². The van der Waals surface area contributed by atoms with Crippen LogP contribution in [0, 0.1) is 23.0 Å². The van der Waals surface area contributed by atoms with Crippen molar-refractivity contribution in [2.24, 2.45) is 11.3 Å². The molecule has 0 saturated carbocycles. The predicted molar refractivity (Wildman–Crippen MR) is 115 cm³/mol. The van der Waals surface area contributed by atoms with Gasteiger partial charge in [-0.2, -0.15) is 0 Å². The summed E-state index contributed by atoms with van der Waals surface area (Å²) >= 11 is 0. The predicted octanol–water partition coefficient (Wildman–Crippen LogP) is 5.08. The molecule has 164 valence electrons. The van der Waals surface area contributed by atoms with Crippen LogP contribution in [0.25, 0.3) is 11.1 Å². The van der Waals surface area contributed by atoms with Gasteiger partial charge in [-0.05, 0) is 84.1 Å². The lowest BCUT2D eigenvalue weighted by molar-refractivity contribution is -0.0348. The zero-order chi connectivity index (χ0) is 21.8. The number of benzene rings is 2. The first-order valence-electron chi connectivity index (χ1n) is 11.1. The molecule has 1 N–H and O–H groups in total. The molecule has 3 heterocycles.